The summed E-state index contributed by atoms with van der Waals surface area (Å²) >= 11 is 11.6. The van der Waals surface area contributed by atoms with Gasteiger partial charge in [-0.2, -0.15) is 0 Å². The monoisotopic (exact) mass is 233 g/mol. The molecule has 0 fully saturated rings. The number of hydrogen-bond donors (Lipinski definition) is 0. The molecule has 1 aromatic carbocycles. The molecule has 0 heterocycles. The van der Waals surface area contributed by atoms with Crippen molar-refractivity contribution in [2.24, 2.45) is 5.16 Å². The zero-order chi connectivity index (χ0) is 11.0. The maximum Gasteiger partial charge on any atom is 0.143 e. The van der Waals surface area contributed by atoms with Crippen LogP contribution in [-0.2, 0) is 11.4 Å². The van der Waals surface area contributed by atoms with Crippen molar-refractivity contribution in [3.8, 4) is 0 Å². The third kappa shape index (κ3) is 3.99. The van der Waals surface area contributed by atoms with Gasteiger partial charge in [-0.3, -0.25) is 0 Å². The van der Waals surface area contributed by atoms with Gasteiger partial charge >= 0.3 is 0 Å². The summed E-state index contributed by atoms with van der Waals surface area (Å²) in [5, 5.41) is 4.27. The maximum atomic E-state index is 5.85. The van der Waals surface area contributed by atoms with E-state index in [1.54, 1.807) is 12.1 Å². The molecule has 0 saturated carbocycles. The van der Waals surface area contributed by atoms with Crippen LogP contribution in [0.15, 0.2) is 23.4 Å². The SMILES string of the molecule is C=NOCc1cccc(Cl)c1Cl.CC. The Bertz CT molecular complexity index is 289. The number of hydrogen-bond acceptors (Lipinski definition) is 2. The average Bonchev–Trinajstić information content (AvgIpc) is 2.23. The fraction of sp³-hybridized carbons (Fsp3) is 0.300. The molecule has 0 aromatic heterocycles. The minimum atomic E-state index is 0.295. The summed E-state index contributed by atoms with van der Waals surface area (Å²) in [6.45, 7) is 7.47. The third-order valence-electron chi connectivity index (χ3n) is 1.34. The zero-order valence-electron chi connectivity index (χ0n) is 8.26. The van der Waals surface area contributed by atoms with Gasteiger partial charge in [-0.15, -0.1) is 5.16 Å². The normalized spacial score (nSPS) is 8.57. The fourth-order valence-corrected chi connectivity index (χ4v) is 1.15. The zero-order valence-corrected chi connectivity index (χ0v) is 9.77. The molecule has 0 amide bonds. The van der Waals surface area contributed by atoms with Gasteiger partial charge in [0.2, 0.25) is 0 Å². The summed E-state index contributed by atoms with van der Waals surface area (Å²) in [5.41, 5.74) is 0.802. The summed E-state index contributed by atoms with van der Waals surface area (Å²) < 4.78 is 0. The Labute approximate surface area is 94.5 Å². The van der Waals surface area contributed by atoms with Crippen molar-refractivity contribution in [3.63, 3.8) is 0 Å². The van der Waals surface area contributed by atoms with E-state index in [2.05, 4.69) is 11.9 Å². The number of rotatable bonds is 3. The number of nitrogens with zero attached hydrogens (tertiary/aromatic N) is 1. The lowest BCUT2D eigenvalue weighted by atomic mass is 10.2. The van der Waals surface area contributed by atoms with Crippen molar-refractivity contribution in [2.45, 2.75) is 20.5 Å². The van der Waals surface area contributed by atoms with Gasteiger partial charge in [-0.25, -0.2) is 0 Å². The summed E-state index contributed by atoms with van der Waals surface area (Å²) in [7, 11) is 0. The highest BCUT2D eigenvalue weighted by atomic mass is 35.5. The van der Waals surface area contributed by atoms with Crippen LogP contribution in [0.4, 0.5) is 0 Å². The van der Waals surface area contributed by atoms with Gasteiger partial charge in [0.05, 0.1) is 10.0 Å². The van der Waals surface area contributed by atoms with E-state index in [1.807, 2.05) is 19.9 Å². The smallest absolute Gasteiger partial charge is 0.143 e. The van der Waals surface area contributed by atoms with Gasteiger partial charge in [0.15, 0.2) is 0 Å². The van der Waals surface area contributed by atoms with Crippen LogP contribution in [0.25, 0.3) is 0 Å². The van der Waals surface area contributed by atoms with E-state index in [9.17, 15) is 0 Å². The van der Waals surface area contributed by atoms with Crippen LogP contribution < -0.4 is 0 Å². The molecule has 1 aromatic rings. The highest BCUT2D eigenvalue weighted by molar-refractivity contribution is 6.42. The molecule has 0 saturated heterocycles. The summed E-state index contributed by atoms with van der Waals surface area (Å²) in [6, 6.07) is 5.34. The minimum absolute atomic E-state index is 0.295. The van der Waals surface area contributed by atoms with Crippen LogP contribution in [0, 0.1) is 0 Å². The van der Waals surface area contributed by atoms with Crippen LogP contribution in [0.5, 0.6) is 0 Å². The summed E-state index contributed by atoms with van der Waals surface area (Å²) in [4.78, 5) is 4.73. The van der Waals surface area contributed by atoms with Crippen LogP contribution in [0.1, 0.15) is 19.4 Å². The van der Waals surface area contributed by atoms with Gasteiger partial charge in [-0.05, 0) is 6.07 Å². The second-order valence-electron chi connectivity index (χ2n) is 2.12. The molecule has 0 unspecified atom stereocenters. The Hall–Kier alpha value is -0.730. The first-order valence-electron chi connectivity index (χ1n) is 4.26. The van der Waals surface area contributed by atoms with Crippen molar-refractivity contribution in [1.82, 2.24) is 0 Å². The lowest BCUT2D eigenvalue weighted by molar-refractivity contribution is 0.133. The maximum absolute atomic E-state index is 5.85. The van der Waals surface area contributed by atoms with E-state index >= 15 is 0 Å². The molecule has 0 aliphatic heterocycles. The molecule has 0 radical (unpaired) electrons. The highest BCUT2D eigenvalue weighted by Gasteiger charge is 2.03. The number of benzene rings is 1. The molecule has 0 spiro atoms. The Kier molecular flexibility index (Phi) is 7.25. The third-order valence-corrected chi connectivity index (χ3v) is 2.20. The van der Waals surface area contributed by atoms with Gasteiger partial charge in [0.1, 0.15) is 6.61 Å². The first-order valence-corrected chi connectivity index (χ1v) is 5.02. The lowest BCUT2D eigenvalue weighted by Gasteiger charge is -2.02. The van der Waals surface area contributed by atoms with Gasteiger partial charge in [0, 0.05) is 12.3 Å². The molecular weight excluding hydrogens is 221 g/mol. The van der Waals surface area contributed by atoms with Crippen molar-refractivity contribution in [1.29, 1.82) is 0 Å². The van der Waals surface area contributed by atoms with E-state index in [-0.39, 0.29) is 0 Å². The van der Waals surface area contributed by atoms with Crippen molar-refractivity contribution >= 4 is 29.9 Å². The molecule has 14 heavy (non-hydrogen) atoms. The van der Waals surface area contributed by atoms with E-state index in [4.69, 9.17) is 28.0 Å². The van der Waals surface area contributed by atoms with Gasteiger partial charge in [0.25, 0.3) is 0 Å². The fourth-order valence-electron chi connectivity index (χ4n) is 0.775. The summed E-state index contributed by atoms with van der Waals surface area (Å²) in [5.74, 6) is 0. The topological polar surface area (TPSA) is 21.6 Å². The molecule has 0 aliphatic rings. The Morgan fingerprint density at radius 3 is 2.57 bits per heavy atom. The average molecular weight is 234 g/mol. The van der Waals surface area contributed by atoms with Crippen molar-refractivity contribution in [2.75, 3.05) is 0 Å². The van der Waals surface area contributed by atoms with E-state index < -0.39 is 0 Å². The quantitative estimate of drug-likeness (QED) is 0.568. The Morgan fingerprint density at radius 1 is 1.36 bits per heavy atom. The molecule has 78 valence electrons. The molecule has 1 rings (SSSR count). The van der Waals surface area contributed by atoms with Crippen LogP contribution in [0.3, 0.4) is 0 Å². The lowest BCUT2D eigenvalue weighted by Crippen LogP contribution is -1.87. The van der Waals surface area contributed by atoms with Gasteiger partial charge < -0.3 is 4.84 Å². The van der Waals surface area contributed by atoms with Crippen molar-refractivity contribution in [3.05, 3.63) is 33.8 Å². The molecule has 0 atom stereocenters. The highest BCUT2D eigenvalue weighted by Crippen LogP contribution is 2.25. The molecule has 2 nitrogen and oxygen atoms in total. The molecule has 0 aliphatic carbocycles. The first-order chi connectivity index (χ1) is 6.75. The second-order valence-corrected chi connectivity index (χ2v) is 2.90. The largest absolute Gasteiger partial charge is 0.391 e. The van der Waals surface area contributed by atoms with E-state index in [0.29, 0.717) is 16.7 Å². The first kappa shape index (κ1) is 13.3. The standard InChI is InChI=1S/C8H7Cl2NO.C2H6/c1-11-12-5-6-3-2-4-7(9)8(6)10;1-2/h2-4H,1,5H2;1-2H3. The summed E-state index contributed by atoms with van der Waals surface area (Å²) in [6.07, 6.45) is 0. The molecular formula is C10H13Cl2NO. The minimum Gasteiger partial charge on any atom is -0.391 e. The Morgan fingerprint density at radius 2 is 2.00 bits per heavy atom. The van der Waals surface area contributed by atoms with Crippen molar-refractivity contribution < 1.29 is 4.84 Å². The van der Waals surface area contributed by atoms with E-state index in [0.717, 1.165) is 5.56 Å². The predicted molar refractivity (Wildman–Crippen MR) is 62.1 cm³/mol. The second kappa shape index (κ2) is 7.65. The predicted octanol–water partition coefficient (Wildman–Crippen LogP) is 4.15. The molecule has 4 heteroatoms. The molecule has 0 bridgehead atoms. The number of oxime groups is 1. The van der Waals surface area contributed by atoms with Crippen LogP contribution in [-0.4, -0.2) is 6.72 Å². The van der Waals surface area contributed by atoms with Gasteiger partial charge in [-0.1, -0.05) is 49.2 Å². The van der Waals surface area contributed by atoms with Crippen LogP contribution >= 0.6 is 23.2 Å². The molecule has 0 N–H and O–H groups in total. The Balaban J connectivity index is 0.000000791. The van der Waals surface area contributed by atoms with E-state index in [1.165, 1.54) is 0 Å². The van der Waals surface area contributed by atoms with Crippen LogP contribution in [0.2, 0.25) is 10.0 Å². The number of halogens is 2.